The largest absolute Gasteiger partial charge is 0.497 e. The minimum Gasteiger partial charge on any atom is -0.497 e. The Balaban J connectivity index is 1.88. The number of azide groups is 1. The Morgan fingerprint density at radius 1 is 1.42 bits per heavy atom. The molecule has 1 aromatic carbocycles. The third-order valence-electron chi connectivity index (χ3n) is 3.70. The average Bonchev–Trinajstić information content (AvgIpc) is 2.86. The highest BCUT2D eigenvalue weighted by Crippen LogP contribution is 2.31. The van der Waals surface area contributed by atoms with Crippen LogP contribution >= 0.6 is 0 Å². The van der Waals surface area contributed by atoms with Crippen molar-refractivity contribution >= 4 is 5.69 Å². The molecule has 0 amide bonds. The highest BCUT2D eigenvalue weighted by Gasteiger charge is 2.39. The maximum Gasteiger partial charge on any atom is 0.164 e. The van der Waals surface area contributed by atoms with Crippen molar-refractivity contribution in [2.75, 3.05) is 13.7 Å². The molecule has 0 spiro atoms. The van der Waals surface area contributed by atoms with Gasteiger partial charge in [-0.2, -0.15) is 0 Å². The highest BCUT2D eigenvalue weighted by molar-refractivity contribution is 5.50. The number of benzene rings is 1. The Morgan fingerprint density at radius 2 is 2.21 bits per heavy atom. The second-order valence-electron chi connectivity index (χ2n) is 5.90. The lowest BCUT2D eigenvalue weighted by Gasteiger charge is -2.16. The standard InChI is InChI=1S/C17H23N3O4/c1-5-15-16(24-17(2,3)23-15)8-9-22-11-12-6-7-13(21-4)10-14(12)19-20-18/h5-7,10,15-16H,1,8-9,11H2,2-4H3. The van der Waals surface area contributed by atoms with Crippen LogP contribution in [0.1, 0.15) is 25.8 Å². The Bertz CT molecular complexity index is 626. The summed E-state index contributed by atoms with van der Waals surface area (Å²) in [5.74, 6) is 0.0301. The summed E-state index contributed by atoms with van der Waals surface area (Å²) in [7, 11) is 1.56. The maximum absolute atomic E-state index is 8.67. The Hall–Kier alpha value is -2.05. The van der Waals surface area contributed by atoms with E-state index in [0.717, 1.165) is 5.56 Å². The fourth-order valence-electron chi connectivity index (χ4n) is 2.60. The van der Waals surface area contributed by atoms with Gasteiger partial charge in [0.15, 0.2) is 5.79 Å². The van der Waals surface area contributed by atoms with Crippen LogP contribution in [0.2, 0.25) is 0 Å². The number of rotatable bonds is 8. The molecule has 0 saturated carbocycles. The molecule has 0 N–H and O–H groups in total. The van der Waals surface area contributed by atoms with Crippen molar-refractivity contribution in [2.24, 2.45) is 5.11 Å². The van der Waals surface area contributed by atoms with E-state index in [0.29, 0.717) is 31.1 Å². The van der Waals surface area contributed by atoms with Gasteiger partial charge in [0.05, 0.1) is 19.8 Å². The lowest BCUT2D eigenvalue weighted by Crippen LogP contribution is -2.22. The molecule has 0 bridgehead atoms. The van der Waals surface area contributed by atoms with Gasteiger partial charge in [0.2, 0.25) is 0 Å². The average molecular weight is 333 g/mol. The molecule has 1 aliphatic heterocycles. The fourth-order valence-corrected chi connectivity index (χ4v) is 2.60. The van der Waals surface area contributed by atoms with E-state index in [4.69, 9.17) is 24.5 Å². The third kappa shape index (κ3) is 4.72. The molecule has 1 aliphatic rings. The van der Waals surface area contributed by atoms with Crippen LogP contribution in [-0.4, -0.2) is 31.7 Å². The van der Waals surface area contributed by atoms with Crippen molar-refractivity contribution < 1.29 is 18.9 Å². The number of ether oxygens (including phenoxy) is 4. The zero-order valence-electron chi connectivity index (χ0n) is 14.3. The normalized spacial score (nSPS) is 22.0. The molecule has 1 heterocycles. The molecular weight excluding hydrogens is 310 g/mol. The summed E-state index contributed by atoms with van der Waals surface area (Å²) >= 11 is 0. The first-order valence-electron chi connectivity index (χ1n) is 7.77. The molecule has 1 saturated heterocycles. The van der Waals surface area contributed by atoms with Crippen molar-refractivity contribution in [2.45, 2.75) is 44.9 Å². The summed E-state index contributed by atoms with van der Waals surface area (Å²) in [6.45, 7) is 8.38. The van der Waals surface area contributed by atoms with Crippen LogP contribution in [0, 0.1) is 0 Å². The van der Waals surface area contributed by atoms with E-state index in [1.807, 2.05) is 19.9 Å². The van der Waals surface area contributed by atoms with Gasteiger partial charge in [-0.3, -0.25) is 0 Å². The summed E-state index contributed by atoms with van der Waals surface area (Å²) in [6, 6.07) is 5.32. The molecule has 1 aromatic rings. The number of nitrogens with zero attached hydrogens (tertiary/aromatic N) is 3. The summed E-state index contributed by atoms with van der Waals surface area (Å²) in [6.07, 6.45) is 2.23. The molecule has 2 atom stereocenters. The van der Waals surface area contributed by atoms with Crippen molar-refractivity contribution in [1.29, 1.82) is 0 Å². The monoisotopic (exact) mass is 333 g/mol. The molecule has 24 heavy (non-hydrogen) atoms. The lowest BCUT2D eigenvalue weighted by molar-refractivity contribution is -0.144. The highest BCUT2D eigenvalue weighted by atomic mass is 16.7. The predicted molar refractivity (Wildman–Crippen MR) is 90.1 cm³/mol. The molecule has 1 fully saturated rings. The number of hydrogen-bond acceptors (Lipinski definition) is 5. The second kappa shape index (κ2) is 8.17. The zero-order valence-corrected chi connectivity index (χ0v) is 14.3. The maximum atomic E-state index is 8.67. The first-order valence-corrected chi connectivity index (χ1v) is 7.77. The molecule has 2 rings (SSSR count). The van der Waals surface area contributed by atoms with Crippen LogP contribution in [0.3, 0.4) is 0 Å². The van der Waals surface area contributed by atoms with E-state index in [2.05, 4.69) is 16.6 Å². The smallest absolute Gasteiger partial charge is 0.164 e. The van der Waals surface area contributed by atoms with Gasteiger partial charge in [0.25, 0.3) is 0 Å². The SMILES string of the molecule is C=CC1OC(C)(C)OC1CCOCc1ccc(OC)cc1N=[N+]=[N-]. The first kappa shape index (κ1) is 18.3. The van der Waals surface area contributed by atoms with Gasteiger partial charge in [-0.15, -0.1) is 6.58 Å². The Morgan fingerprint density at radius 3 is 2.88 bits per heavy atom. The number of hydrogen-bond donors (Lipinski definition) is 0. The molecule has 0 radical (unpaired) electrons. The molecule has 7 nitrogen and oxygen atoms in total. The van der Waals surface area contributed by atoms with Crippen LogP contribution in [-0.2, 0) is 20.8 Å². The van der Waals surface area contributed by atoms with E-state index in [-0.39, 0.29) is 12.2 Å². The van der Waals surface area contributed by atoms with Crippen molar-refractivity contribution in [3.63, 3.8) is 0 Å². The lowest BCUT2D eigenvalue weighted by atomic mass is 10.1. The summed E-state index contributed by atoms with van der Waals surface area (Å²) < 4.78 is 22.4. The van der Waals surface area contributed by atoms with Gasteiger partial charge in [0, 0.05) is 17.2 Å². The van der Waals surface area contributed by atoms with Crippen LogP contribution in [0.4, 0.5) is 5.69 Å². The first-order chi connectivity index (χ1) is 11.5. The number of methoxy groups -OCH3 is 1. The quantitative estimate of drug-likeness (QED) is 0.234. The van der Waals surface area contributed by atoms with E-state index in [1.54, 1.807) is 25.3 Å². The van der Waals surface area contributed by atoms with Gasteiger partial charge in [0.1, 0.15) is 11.9 Å². The van der Waals surface area contributed by atoms with Gasteiger partial charge in [-0.1, -0.05) is 17.3 Å². The molecule has 7 heteroatoms. The van der Waals surface area contributed by atoms with Crippen LogP contribution < -0.4 is 4.74 Å². The van der Waals surface area contributed by atoms with E-state index < -0.39 is 5.79 Å². The fraction of sp³-hybridized carbons (Fsp3) is 0.529. The van der Waals surface area contributed by atoms with E-state index in [1.165, 1.54) is 0 Å². The van der Waals surface area contributed by atoms with Crippen molar-refractivity contribution in [1.82, 2.24) is 0 Å². The van der Waals surface area contributed by atoms with Crippen molar-refractivity contribution in [3.8, 4) is 5.75 Å². The van der Waals surface area contributed by atoms with E-state index in [9.17, 15) is 0 Å². The minimum atomic E-state index is -0.603. The summed E-state index contributed by atoms with van der Waals surface area (Å²) in [5.41, 5.74) is 9.97. The predicted octanol–water partition coefficient (Wildman–Crippen LogP) is 4.25. The Kier molecular flexibility index (Phi) is 6.23. The van der Waals surface area contributed by atoms with Gasteiger partial charge in [-0.25, -0.2) is 0 Å². The third-order valence-corrected chi connectivity index (χ3v) is 3.70. The van der Waals surface area contributed by atoms with Crippen LogP contribution in [0.15, 0.2) is 36.0 Å². The topological polar surface area (TPSA) is 85.7 Å². The molecule has 0 aliphatic carbocycles. The van der Waals surface area contributed by atoms with Crippen LogP contribution in [0.25, 0.3) is 10.4 Å². The van der Waals surface area contributed by atoms with Gasteiger partial charge in [-0.05, 0) is 43.5 Å². The zero-order chi connectivity index (χ0) is 17.6. The van der Waals surface area contributed by atoms with Gasteiger partial charge >= 0.3 is 0 Å². The molecular formula is C17H23N3O4. The Labute approximate surface area is 141 Å². The summed E-state index contributed by atoms with van der Waals surface area (Å²) in [5, 5.41) is 3.68. The van der Waals surface area contributed by atoms with E-state index >= 15 is 0 Å². The van der Waals surface area contributed by atoms with Crippen LogP contribution in [0.5, 0.6) is 5.75 Å². The summed E-state index contributed by atoms with van der Waals surface area (Å²) in [4.78, 5) is 2.84. The molecule has 0 aromatic heterocycles. The second-order valence-corrected chi connectivity index (χ2v) is 5.90. The van der Waals surface area contributed by atoms with Gasteiger partial charge < -0.3 is 18.9 Å². The van der Waals surface area contributed by atoms with Crippen molar-refractivity contribution in [3.05, 3.63) is 46.9 Å². The molecule has 130 valence electrons. The minimum absolute atomic E-state index is 0.0787. The molecule has 2 unspecified atom stereocenters.